The predicted molar refractivity (Wildman–Crippen MR) is 95.7 cm³/mol. The van der Waals surface area contributed by atoms with Gasteiger partial charge in [0.15, 0.2) is 5.39 Å². The molecule has 0 radical (unpaired) electrons. The van der Waals surface area contributed by atoms with Crippen molar-refractivity contribution in [2.24, 2.45) is 14.1 Å². The van der Waals surface area contributed by atoms with Crippen LogP contribution in [0.25, 0.3) is 16.7 Å². The van der Waals surface area contributed by atoms with Crippen LogP contribution in [0.1, 0.15) is 17.3 Å². The second kappa shape index (κ2) is 6.25. The van der Waals surface area contributed by atoms with Crippen LogP contribution in [0.4, 0.5) is 5.82 Å². The maximum atomic E-state index is 12.7. The van der Waals surface area contributed by atoms with Gasteiger partial charge in [0.2, 0.25) is 11.5 Å². The van der Waals surface area contributed by atoms with Gasteiger partial charge in [-0.2, -0.15) is 0 Å². The first-order chi connectivity index (χ1) is 12.3. The van der Waals surface area contributed by atoms with Crippen molar-refractivity contribution in [3.63, 3.8) is 0 Å². The van der Waals surface area contributed by atoms with E-state index in [9.17, 15) is 14.4 Å². The van der Waals surface area contributed by atoms with Crippen molar-refractivity contribution in [3.8, 4) is 0 Å². The molecule has 3 aromatic rings. The Hall–Kier alpha value is -3.23. The molecule has 26 heavy (non-hydrogen) atoms. The zero-order valence-electron chi connectivity index (χ0n) is 15.3. The van der Waals surface area contributed by atoms with Crippen LogP contribution in [-0.2, 0) is 18.8 Å². The fraction of sp³-hybridized carbons (Fsp3) is 0.353. The molecule has 0 atom stereocenters. The number of aromatic nitrogens is 4. The number of anilines is 1. The number of aryl methyl sites for hydroxylation is 1. The van der Waals surface area contributed by atoms with Crippen molar-refractivity contribution in [1.29, 1.82) is 0 Å². The van der Waals surface area contributed by atoms with E-state index in [1.54, 1.807) is 55.7 Å². The lowest BCUT2D eigenvalue weighted by molar-refractivity contribution is -0.499. The van der Waals surface area contributed by atoms with Crippen molar-refractivity contribution in [3.05, 3.63) is 44.7 Å². The highest BCUT2D eigenvalue weighted by molar-refractivity contribution is 5.91. The molecule has 0 fully saturated rings. The average Bonchev–Trinajstić information content (AvgIpc) is 2.62. The monoisotopic (exact) mass is 358 g/mol. The van der Waals surface area contributed by atoms with E-state index in [-0.39, 0.29) is 12.3 Å². The number of rotatable bonds is 3. The minimum absolute atomic E-state index is 0.253. The van der Waals surface area contributed by atoms with Gasteiger partial charge in [-0.05, 0) is 13.0 Å². The van der Waals surface area contributed by atoms with Crippen LogP contribution in [0.5, 0.6) is 0 Å². The van der Waals surface area contributed by atoms with Crippen LogP contribution >= 0.6 is 0 Å². The van der Waals surface area contributed by atoms with E-state index >= 15 is 0 Å². The van der Waals surface area contributed by atoms with Gasteiger partial charge in [-0.3, -0.25) is 18.8 Å². The first kappa shape index (κ1) is 17.6. The molecule has 0 amide bonds. The van der Waals surface area contributed by atoms with Gasteiger partial charge in [0.05, 0.1) is 32.5 Å². The minimum Gasteiger partial charge on any atom is -0.462 e. The van der Waals surface area contributed by atoms with Gasteiger partial charge in [0.1, 0.15) is 0 Å². The number of nitrogens with zero attached hydrogens (tertiary/aromatic N) is 5. The van der Waals surface area contributed by atoms with E-state index < -0.39 is 17.2 Å². The third kappa shape index (κ3) is 2.52. The number of carbonyl (C=O) groups is 1. The fourth-order valence-corrected chi connectivity index (χ4v) is 2.92. The van der Waals surface area contributed by atoms with Gasteiger partial charge in [-0.1, -0.05) is 4.98 Å². The van der Waals surface area contributed by atoms with Crippen LogP contribution in [0.2, 0.25) is 0 Å². The van der Waals surface area contributed by atoms with Crippen molar-refractivity contribution >= 4 is 28.5 Å². The van der Waals surface area contributed by atoms with Crippen molar-refractivity contribution in [2.45, 2.75) is 6.92 Å². The third-order valence-electron chi connectivity index (χ3n) is 4.18. The average molecular weight is 358 g/mol. The second-order valence-corrected chi connectivity index (χ2v) is 6.10. The highest BCUT2D eigenvalue weighted by atomic mass is 16.5. The lowest BCUT2D eigenvalue weighted by Crippen LogP contribution is -2.41. The summed E-state index contributed by atoms with van der Waals surface area (Å²) in [5.74, 6) is 0.109. The molecule has 0 spiro atoms. The number of esters is 1. The van der Waals surface area contributed by atoms with Crippen LogP contribution in [-0.4, -0.2) is 40.8 Å². The van der Waals surface area contributed by atoms with E-state index in [1.807, 2.05) is 0 Å². The van der Waals surface area contributed by atoms with Gasteiger partial charge in [0.25, 0.3) is 11.2 Å². The maximum absolute atomic E-state index is 12.7. The van der Waals surface area contributed by atoms with E-state index in [0.29, 0.717) is 22.4 Å². The molecule has 136 valence electrons. The summed E-state index contributed by atoms with van der Waals surface area (Å²) in [6, 6.07) is 3.18. The van der Waals surface area contributed by atoms with Crippen LogP contribution in [0, 0.1) is 0 Å². The fourth-order valence-electron chi connectivity index (χ4n) is 2.92. The smallest absolute Gasteiger partial charge is 0.338 e. The van der Waals surface area contributed by atoms with Gasteiger partial charge < -0.3 is 4.74 Å². The molecule has 3 aromatic heterocycles. The molecular weight excluding hydrogens is 338 g/mol. The Labute approximate surface area is 148 Å². The molecule has 0 saturated heterocycles. The Bertz CT molecular complexity index is 1160. The minimum atomic E-state index is -0.467. The van der Waals surface area contributed by atoms with E-state index in [1.165, 1.54) is 11.6 Å². The maximum Gasteiger partial charge on any atom is 0.338 e. The Morgan fingerprint density at radius 1 is 1.27 bits per heavy atom. The van der Waals surface area contributed by atoms with Gasteiger partial charge in [-0.25, -0.2) is 14.0 Å². The summed E-state index contributed by atoms with van der Waals surface area (Å²) in [5, 5.41) is 0.320. The normalized spacial score (nSPS) is 11.1. The molecule has 3 heterocycles. The lowest BCUT2D eigenvalue weighted by atomic mass is 10.2. The molecule has 0 bridgehead atoms. The third-order valence-corrected chi connectivity index (χ3v) is 4.18. The first-order valence-corrected chi connectivity index (χ1v) is 8.07. The van der Waals surface area contributed by atoms with Crippen LogP contribution in [0.15, 0.2) is 27.9 Å². The molecular formula is C17H20N5O4+. The van der Waals surface area contributed by atoms with E-state index in [0.717, 1.165) is 4.57 Å². The Morgan fingerprint density at radius 2 is 1.96 bits per heavy atom. The molecule has 0 N–H and O–H groups in total. The summed E-state index contributed by atoms with van der Waals surface area (Å²) in [4.78, 5) is 43.2. The Kier molecular flexibility index (Phi) is 4.23. The number of carbonyl (C=O) groups excluding carboxylic acids is 1. The predicted octanol–water partition coefficient (Wildman–Crippen LogP) is -0.386. The summed E-state index contributed by atoms with van der Waals surface area (Å²) < 4.78 is 9.10. The molecule has 3 rings (SSSR count). The van der Waals surface area contributed by atoms with Crippen molar-refractivity contribution in [1.82, 2.24) is 14.1 Å². The zero-order chi connectivity index (χ0) is 19.2. The number of ether oxygens (including phenoxy) is 1. The highest BCUT2D eigenvalue weighted by Crippen LogP contribution is 2.17. The summed E-state index contributed by atoms with van der Waals surface area (Å²) in [7, 11) is 6.58. The van der Waals surface area contributed by atoms with Crippen molar-refractivity contribution in [2.75, 3.05) is 25.6 Å². The van der Waals surface area contributed by atoms with Gasteiger partial charge in [0, 0.05) is 20.2 Å². The number of fused-ring (bicyclic) bond motifs is 2. The molecule has 0 saturated carbocycles. The molecule has 0 aromatic carbocycles. The topological polar surface area (TPSA) is 90.5 Å². The van der Waals surface area contributed by atoms with Gasteiger partial charge >= 0.3 is 11.7 Å². The standard InChI is InChI=1S/C17H20N5O4/c1-6-26-16(24)10-7-8-22-11(9-10)18-13-12(14(22)19(2)3)15(23)21(5)17(25)20(13)4/h7-9H,6H2,1-5H3/q+1. The molecule has 0 aliphatic carbocycles. The highest BCUT2D eigenvalue weighted by Gasteiger charge is 2.25. The SMILES string of the molecule is CCOC(=O)c1cc[n+]2c(N(C)C)c3c(=O)n(C)c(=O)n(C)c3nc2c1. The summed E-state index contributed by atoms with van der Waals surface area (Å²) in [5.41, 5.74) is 0.129. The second-order valence-electron chi connectivity index (χ2n) is 6.10. The zero-order valence-corrected chi connectivity index (χ0v) is 15.3. The number of hydrogen-bond acceptors (Lipinski definition) is 6. The van der Waals surface area contributed by atoms with Crippen LogP contribution < -0.4 is 20.5 Å². The van der Waals surface area contributed by atoms with Gasteiger partial charge in [-0.15, -0.1) is 0 Å². The van der Waals surface area contributed by atoms with Crippen molar-refractivity contribution < 1.29 is 13.9 Å². The van der Waals surface area contributed by atoms with E-state index in [2.05, 4.69) is 4.98 Å². The number of pyridine rings is 1. The Morgan fingerprint density at radius 3 is 2.58 bits per heavy atom. The molecule has 0 unspecified atom stereocenters. The quantitative estimate of drug-likeness (QED) is 0.360. The van der Waals surface area contributed by atoms with E-state index in [4.69, 9.17) is 4.74 Å². The Balaban J connectivity index is 2.51. The molecule has 0 aliphatic rings. The molecule has 9 heteroatoms. The largest absolute Gasteiger partial charge is 0.462 e. The summed E-state index contributed by atoms with van der Waals surface area (Å²) in [6.07, 6.45) is 1.66. The van der Waals surface area contributed by atoms with Crippen LogP contribution in [0.3, 0.4) is 0 Å². The molecule has 0 aliphatic heterocycles. The first-order valence-electron chi connectivity index (χ1n) is 8.07. The summed E-state index contributed by atoms with van der Waals surface area (Å²) >= 11 is 0. The summed E-state index contributed by atoms with van der Waals surface area (Å²) in [6.45, 7) is 2.00. The number of hydrogen-bond donors (Lipinski definition) is 0. The lowest BCUT2D eigenvalue weighted by Gasteiger charge is -2.13. The molecule has 9 nitrogen and oxygen atoms in total.